The molecule has 0 aliphatic carbocycles. The normalized spacial score (nSPS) is 17.4. The van der Waals surface area contributed by atoms with Crippen LogP contribution in [0.2, 0.25) is 5.04 Å². The van der Waals surface area contributed by atoms with Gasteiger partial charge in [-0.25, -0.2) is 0 Å². The summed E-state index contributed by atoms with van der Waals surface area (Å²) >= 11 is 0. The molecule has 4 heteroatoms. The molecule has 30 heavy (non-hydrogen) atoms. The maximum Gasteiger partial charge on any atom is 0.262 e. The quantitative estimate of drug-likeness (QED) is 0.579. The van der Waals surface area contributed by atoms with Crippen molar-refractivity contribution in [2.45, 2.75) is 38.3 Å². The zero-order valence-electron chi connectivity index (χ0n) is 17.9. The molecule has 1 amide bonds. The number of amides is 1. The van der Waals surface area contributed by atoms with Crippen molar-refractivity contribution < 1.29 is 9.22 Å². The number of para-hydroxylation sites is 1. The molecular formula is C26H29NO2Si. The van der Waals surface area contributed by atoms with Crippen LogP contribution in [0.25, 0.3) is 0 Å². The van der Waals surface area contributed by atoms with Gasteiger partial charge < -0.3 is 9.33 Å². The first kappa shape index (κ1) is 20.6. The molecule has 0 aromatic heterocycles. The van der Waals surface area contributed by atoms with Crippen LogP contribution < -0.4 is 15.3 Å². The van der Waals surface area contributed by atoms with E-state index in [2.05, 4.69) is 69.3 Å². The average Bonchev–Trinajstić information content (AvgIpc) is 3.13. The second kappa shape index (κ2) is 8.21. The molecule has 4 rings (SSSR count). The topological polar surface area (TPSA) is 29.5 Å². The van der Waals surface area contributed by atoms with Crippen molar-refractivity contribution in [3.05, 3.63) is 91.0 Å². The van der Waals surface area contributed by atoms with Gasteiger partial charge in [0.05, 0.1) is 0 Å². The predicted molar refractivity (Wildman–Crippen MR) is 126 cm³/mol. The molecule has 1 heterocycles. The standard InChI is InChI=1S/C26H29NO2Si/c1-26(2,3)30(22-15-9-5-10-16-22,23-17-11-6-12-18-23)29-24-19-20-27(25(24)28)21-13-7-4-8-14-21/h4-18,24H,19-20H2,1-3H3. The van der Waals surface area contributed by atoms with E-state index in [1.54, 1.807) is 0 Å². The highest BCUT2D eigenvalue weighted by atomic mass is 28.4. The highest BCUT2D eigenvalue weighted by Crippen LogP contribution is 2.39. The lowest BCUT2D eigenvalue weighted by atomic mass is 10.2. The lowest BCUT2D eigenvalue weighted by Crippen LogP contribution is -2.68. The lowest BCUT2D eigenvalue weighted by molar-refractivity contribution is -0.123. The van der Waals surface area contributed by atoms with Crippen molar-refractivity contribution in [2.24, 2.45) is 0 Å². The summed E-state index contributed by atoms with van der Waals surface area (Å²) in [5.74, 6) is 0.0641. The van der Waals surface area contributed by atoms with Crippen molar-refractivity contribution in [2.75, 3.05) is 11.4 Å². The summed E-state index contributed by atoms with van der Waals surface area (Å²) in [6.07, 6.45) is 0.273. The first-order valence-corrected chi connectivity index (χ1v) is 12.5. The van der Waals surface area contributed by atoms with Crippen molar-refractivity contribution in [3.63, 3.8) is 0 Å². The number of hydrogen-bond acceptors (Lipinski definition) is 2. The van der Waals surface area contributed by atoms with Gasteiger partial charge in [0.15, 0.2) is 0 Å². The summed E-state index contributed by atoms with van der Waals surface area (Å²) in [6.45, 7) is 7.42. The average molecular weight is 416 g/mol. The summed E-state index contributed by atoms with van der Waals surface area (Å²) < 4.78 is 7.05. The van der Waals surface area contributed by atoms with Crippen LogP contribution in [0.5, 0.6) is 0 Å². The Morgan fingerprint density at radius 3 is 1.73 bits per heavy atom. The highest BCUT2D eigenvalue weighted by molar-refractivity contribution is 6.99. The smallest absolute Gasteiger partial charge is 0.262 e. The summed E-state index contributed by atoms with van der Waals surface area (Å²) in [5, 5.41) is 2.26. The number of nitrogens with zero attached hydrogens (tertiary/aromatic N) is 1. The molecule has 0 spiro atoms. The van der Waals surface area contributed by atoms with E-state index in [1.165, 1.54) is 10.4 Å². The molecule has 1 saturated heterocycles. The fraction of sp³-hybridized carbons (Fsp3) is 0.269. The molecule has 3 aromatic rings. The minimum absolute atomic E-state index is 0.0641. The van der Waals surface area contributed by atoms with Crippen LogP contribution in [0.4, 0.5) is 5.69 Å². The largest absolute Gasteiger partial charge is 0.395 e. The number of hydrogen-bond donors (Lipinski definition) is 0. The molecule has 1 atom stereocenters. The summed E-state index contributed by atoms with van der Waals surface area (Å²) in [5.41, 5.74) is 0.941. The summed E-state index contributed by atoms with van der Waals surface area (Å²) in [6, 6.07) is 30.9. The summed E-state index contributed by atoms with van der Waals surface area (Å²) in [4.78, 5) is 15.3. The zero-order valence-corrected chi connectivity index (χ0v) is 18.9. The van der Waals surface area contributed by atoms with Crippen molar-refractivity contribution >= 4 is 30.3 Å². The minimum atomic E-state index is -2.73. The van der Waals surface area contributed by atoms with Gasteiger partial charge in [-0.2, -0.15) is 0 Å². The predicted octanol–water partition coefficient (Wildman–Crippen LogP) is 4.37. The Bertz CT molecular complexity index is 944. The first-order chi connectivity index (χ1) is 14.4. The second-order valence-electron chi connectivity index (χ2n) is 8.88. The van der Waals surface area contributed by atoms with Crippen LogP contribution in [0.1, 0.15) is 27.2 Å². The van der Waals surface area contributed by atoms with Crippen LogP contribution in [-0.2, 0) is 9.22 Å². The Kier molecular flexibility index (Phi) is 5.63. The molecular weight excluding hydrogens is 386 g/mol. The van der Waals surface area contributed by atoms with Gasteiger partial charge in [0.2, 0.25) is 0 Å². The molecule has 1 fully saturated rings. The third kappa shape index (κ3) is 3.62. The maximum absolute atomic E-state index is 13.4. The molecule has 0 bridgehead atoms. The number of carbonyl (C=O) groups excluding carboxylic acids is 1. The number of rotatable bonds is 5. The molecule has 3 aromatic carbocycles. The third-order valence-electron chi connectivity index (χ3n) is 5.96. The van der Waals surface area contributed by atoms with E-state index >= 15 is 0 Å². The Morgan fingerprint density at radius 1 is 0.800 bits per heavy atom. The zero-order chi connectivity index (χ0) is 21.2. The van der Waals surface area contributed by atoms with Gasteiger partial charge in [0, 0.05) is 12.2 Å². The molecule has 1 aliphatic rings. The minimum Gasteiger partial charge on any atom is -0.395 e. The molecule has 1 unspecified atom stereocenters. The van der Waals surface area contributed by atoms with Crippen LogP contribution in [0.3, 0.4) is 0 Å². The van der Waals surface area contributed by atoms with Crippen LogP contribution in [-0.4, -0.2) is 26.9 Å². The van der Waals surface area contributed by atoms with Gasteiger partial charge in [0.25, 0.3) is 14.2 Å². The lowest BCUT2D eigenvalue weighted by Gasteiger charge is -2.44. The van der Waals surface area contributed by atoms with Crippen LogP contribution in [0, 0.1) is 0 Å². The van der Waals surface area contributed by atoms with E-state index in [4.69, 9.17) is 4.43 Å². The number of benzene rings is 3. The van der Waals surface area contributed by atoms with Gasteiger partial charge in [-0.1, -0.05) is 99.6 Å². The van der Waals surface area contributed by atoms with Crippen molar-refractivity contribution in [1.29, 1.82) is 0 Å². The van der Waals surface area contributed by atoms with Crippen LogP contribution >= 0.6 is 0 Å². The van der Waals surface area contributed by atoms with E-state index in [0.717, 1.165) is 5.69 Å². The van der Waals surface area contributed by atoms with E-state index in [9.17, 15) is 4.79 Å². The molecule has 154 valence electrons. The SMILES string of the molecule is CC(C)(C)[Si](OC1CCN(c2ccccc2)C1=O)(c1ccccc1)c1ccccc1. The Labute approximate surface area is 180 Å². The van der Waals surface area contributed by atoms with E-state index in [1.807, 2.05) is 47.4 Å². The van der Waals surface area contributed by atoms with Crippen LogP contribution in [0.15, 0.2) is 91.0 Å². The molecule has 0 saturated carbocycles. The van der Waals surface area contributed by atoms with Gasteiger partial charge in [-0.3, -0.25) is 4.79 Å². The molecule has 3 nitrogen and oxygen atoms in total. The van der Waals surface area contributed by atoms with Gasteiger partial charge in [0.1, 0.15) is 6.10 Å². The van der Waals surface area contributed by atoms with Crippen molar-refractivity contribution in [1.82, 2.24) is 0 Å². The Morgan fingerprint density at radius 2 is 1.27 bits per heavy atom. The summed E-state index contributed by atoms with van der Waals surface area (Å²) in [7, 11) is -2.73. The monoisotopic (exact) mass is 415 g/mol. The fourth-order valence-corrected chi connectivity index (χ4v) is 9.19. The van der Waals surface area contributed by atoms with Gasteiger partial charge in [-0.15, -0.1) is 0 Å². The first-order valence-electron chi connectivity index (χ1n) is 10.6. The second-order valence-corrected chi connectivity index (χ2v) is 13.1. The van der Waals surface area contributed by atoms with Gasteiger partial charge in [-0.05, 0) is 34.0 Å². The molecule has 0 radical (unpaired) electrons. The Balaban J connectivity index is 1.77. The van der Waals surface area contributed by atoms with E-state index in [-0.39, 0.29) is 10.9 Å². The van der Waals surface area contributed by atoms with E-state index in [0.29, 0.717) is 13.0 Å². The fourth-order valence-electron chi connectivity index (χ4n) is 4.53. The van der Waals surface area contributed by atoms with Crippen molar-refractivity contribution in [3.8, 4) is 0 Å². The van der Waals surface area contributed by atoms with E-state index < -0.39 is 14.4 Å². The van der Waals surface area contributed by atoms with Gasteiger partial charge >= 0.3 is 0 Å². The highest BCUT2D eigenvalue weighted by Gasteiger charge is 2.53. The number of anilines is 1. The third-order valence-corrected chi connectivity index (χ3v) is 11.0. The maximum atomic E-state index is 13.4. The molecule has 1 aliphatic heterocycles. The number of carbonyl (C=O) groups is 1. The Hall–Kier alpha value is -2.69. The molecule has 0 N–H and O–H groups in total.